The van der Waals surface area contributed by atoms with Crippen LogP contribution in [0.2, 0.25) is 0 Å². The number of allylic oxidation sites excluding steroid dienone is 2. The molecule has 0 aliphatic carbocycles. The maximum absolute atomic E-state index is 12.3. The molecule has 7 heteroatoms. The third kappa shape index (κ3) is 2.30. The van der Waals surface area contributed by atoms with Gasteiger partial charge in [-0.2, -0.15) is 13.2 Å². The van der Waals surface area contributed by atoms with Crippen LogP contribution in [0.3, 0.4) is 0 Å². The molecule has 0 aromatic heterocycles. The lowest BCUT2D eigenvalue weighted by Crippen LogP contribution is -2.45. The van der Waals surface area contributed by atoms with Crippen LogP contribution in [0.5, 0.6) is 0 Å². The molecule has 2 atom stereocenters. The molecule has 0 bridgehead atoms. The van der Waals surface area contributed by atoms with E-state index in [1.807, 2.05) is 0 Å². The first-order chi connectivity index (χ1) is 7.29. The number of aliphatic hydroxyl groups is 3. The quantitative estimate of drug-likeness (QED) is 0.658. The van der Waals surface area contributed by atoms with Gasteiger partial charge >= 0.3 is 6.18 Å². The monoisotopic (exact) mass is 239 g/mol. The molecule has 16 heavy (non-hydrogen) atoms. The molecule has 0 radical (unpaired) electrons. The Morgan fingerprint density at radius 3 is 2.44 bits per heavy atom. The van der Waals surface area contributed by atoms with Crippen molar-refractivity contribution in [2.75, 3.05) is 13.7 Å². The fourth-order valence-corrected chi connectivity index (χ4v) is 1.45. The van der Waals surface area contributed by atoms with E-state index in [4.69, 9.17) is 10.2 Å². The van der Waals surface area contributed by atoms with Crippen molar-refractivity contribution < 1.29 is 28.5 Å². The van der Waals surface area contributed by atoms with Crippen molar-refractivity contribution in [1.29, 1.82) is 0 Å². The number of rotatable bonds is 2. The molecule has 4 nitrogen and oxygen atoms in total. The average Bonchev–Trinajstić information content (AvgIpc) is 2.16. The summed E-state index contributed by atoms with van der Waals surface area (Å²) in [5.41, 5.74) is -0.413. The molecule has 0 aromatic carbocycles. The predicted molar refractivity (Wildman–Crippen MR) is 49.5 cm³/mol. The summed E-state index contributed by atoms with van der Waals surface area (Å²) in [6.07, 6.45) is -5.40. The van der Waals surface area contributed by atoms with E-state index in [2.05, 4.69) is 0 Å². The number of alkyl halides is 3. The maximum Gasteiger partial charge on any atom is 0.420 e. The lowest BCUT2D eigenvalue weighted by Gasteiger charge is -2.35. The zero-order valence-corrected chi connectivity index (χ0v) is 8.44. The van der Waals surface area contributed by atoms with Gasteiger partial charge in [-0.3, -0.25) is 0 Å². The van der Waals surface area contributed by atoms with Crippen LogP contribution >= 0.6 is 0 Å². The van der Waals surface area contributed by atoms with Crippen LogP contribution in [-0.2, 0) is 0 Å². The van der Waals surface area contributed by atoms with E-state index >= 15 is 0 Å². The summed E-state index contributed by atoms with van der Waals surface area (Å²) in [6, 6.07) is -0.961. The minimum atomic E-state index is -4.78. The van der Waals surface area contributed by atoms with Crippen LogP contribution in [0.25, 0.3) is 0 Å². The molecule has 0 aromatic rings. The number of likely N-dealkylation sites (N-methyl/N-ethyl adjacent to an activating group) is 1. The van der Waals surface area contributed by atoms with E-state index < -0.39 is 30.6 Å². The molecule has 2 unspecified atom stereocenters. The number of hydrogen-bond acceptors (Lipinski definition) is 4. The molecule has 1 aliphatic rings. The second kappa shape index (κ2) is 4.34. The SMILES string of the molecule is CN1C(C(O)C(F)(F)F)=CC=C(O)C1CO. The van der Waals surface area contributed by atoms with Crippen LogP contribution in [0.15, 0.2) is 23.6 Å². The number of halogens is 3. The van der Waals surface area contributed by atoms with Gasteiger partial charge in [0.15, 0.2) is 6.10 Å². The summed E-state index contributed by atoms with van der Waals surface area (Å²) in [5.74, 6) is -0.247. The minimum Gasteiger partial charge on any atom is -0.510 e. The number of nitrogens with zero attached hydrogens (tertiary/aromatic N) is 1. The zero-order valence-electron chi connectivity index (χ0n) is 8.44. The highest BCUT2D eigenvalue weighted by Gasteiger charge is 2.43. The average molecular weight is 239 g/mol. The third-order valence-electron chi connectivity index (χ3n) is 2.40. The molecule has 1 heterocycles. The first kappa shape index (κ1) is 12.9. The van der Waals surface area contributed by atoms with Gasteiger partial charge in [0, 0.05) is 7.05 Å². The first-order valence-electron chi connectivity index (χ1n) is 4.48. The van der Waals surface area contributed by atoms with Crippen LogP contribution < -0.4 is 0 Å². The Balaban J connectivity index is 2.98. The highest BCUT2D eigenvalue weighted by molar-refractivity contribution is 5.27. The molecule has 1 aliphatic heterocycles. The van der Waals surface area contributed by atoms with Gasteiger partial charge in [-0.25, -0.2) is 0 Å². The standard InChI is InChI=1S/C9H12F3NO3/c1-13-5(8(16)9(10,11)12)2-3-7(15)6(13)4-14/h2-3,6,8,14-16H,4H2,1H3. The van der Waals surface area contributed by atoms with Gasteiger partial charge in [0.05, 0.1) is 12.3 Å². The molecule has 0 amide bonds. The van der Waals surface area contributed by atoms with E-state index in [0.717, 1.165) is 17.1 Å². The number of hydrogen-bond donors (Lipinski definition) is 3. The molecular formula is C9H12F3NO3. The molecular weight excluding hydrogens is 227 g/mol. The van der Waals surface area contributed by atoms with Crippen molar-refractivity contribution in [3.05, 3.63) is 23.6 Å². The molecule has 0 spiro atoms. The Kier molecular flexibility index (Phi) is 3.49. The Bertz CT molecular complexity index is 324. The van der Waals surface area contributed by atoms with E-state index in [0.29, 0.717) is 0 Å². The van der Waals surface area contributed by atoms with Crippen LogP contribution in [-0.4, -0.2) is 52.2 Å². The second-order valence-electron chi connectivity index (χ2n) is 3.44. The topological polar surface area (TPSA) is 63.9 Å². The summed E-state index contributed by atoms with van der Waals surface area (Å²) in [5, 5.41) is 27.2. The molecule has 1 rings (SSSR count). The largest absolute Gasteiger partial charge is 0.510 e. The van der Waals surface area contributed by atoms with Gasteiger partial charge in [-0.1, -0.05) is 0 Å². The minimum absolute atomic E-state index is 0.247. The highest BCUT2D eigenvalue weighted by atomic mass is 19.4. The Hall–Kier alpha value is -1.21. The Morgan fingerprint density at radius 1 is 1.44 bits per heavy atom. The van der Waals surface area contributed by atoms with E-state index in [-0.39, 0.29) is 5.76 Å². The highest BCUT2D eigenvalue weighted by Crippen LogP contribution is 2.30. The van der Waals surface area contributed by atoms with E-state index in [9.17, 15) is 18.3 Å². The van der Waals surface area contributed by atoms with Crippen molar-refractivity contribution in [2.45, 2.75) is 18.3 Å². The van der Waals surface area contributed by atoms with Gasteiger partial charge in [-0.05, 0) is 12.2 Å². The van der Waals surface area contributed by atoms with Crippen molar-refractivity contribution in [2.24, 2.45) is 0 Å². The summed E-state index contributed by atoms with van der Waals surface area (Å²) >= 11 is 0. The Labute approximate surface area is 89.9 Å². The van der Waals surface area contributed by atoms with Crippen molar-refractivity contribution in [3.8, 4) is 0 Å². The molecule has 92 valence electrons. The van der Waals surface area contributed by atoms with Gasteiger partial charge in [0.2, 0.25) is 0 Å². The van der Waals surface area contributed by atoms with E-state index in [1.54, 1.807) is 0 Å². The first-order valence-corrected chi connectivity index (χ1v) is 4.48. The van der Waals surface area contributed by atoms with Gasteiger partial charge in [0.25, 0.3) is 0 Å². The van der Waals surface area contributed by atoms with Crippen LogP contribution in [0.4, 0.5) is 13.2 Å². The molecule has 0 fully saturated rings. The zero-order chi connectivity index (χ0) is 12.5. The maximum atomic E-state index is 12.3. The second-order valence-corrected chi connectivity index (χ2v) is 3.44. The van der Waals surface area contributed by atoms with Gasteiger partial charge < -0.3 is 20.2 Å². The molecule has 0 saturated heterocycles. The van der Waals surface area contributed by atoms with E-state index in [1.165, 1.54) is 7.05 Å². The van der Waals surface area contributed by atoms with Crippen LogP contribution in [0, 0.1) is 0 Å². The Morgan fingerprint density at radius 2 is 2.00 bits per heavy atom. The summed E-state index contributed by atoms with van der Waals surface area (Å²) < 4.78 is 36.8. The van der Waals surface area contributed by atoms with Gasteiger partial charge in [-0.15, -0.1) is 0 Å². The van der Waals surface area contributed by atoms with Crippen molar-refractivity contribution >= 4 is 0 Å². The summed E-state index contributed by atoms with van der Waals surface area (Å²) in [7, 11) is 1.25. The lowest BCUT2D eigenvalue weighted by molar-refractivity contribution is -0.197. The summed E-state index contributed by atoms with van der Waals surface area (Å²) in [6.45, 7) is -0.541. The fourth-order valence-electron chi connectivity index (χ4n) is 1.45. The van der Waals surface area contributed by atoms with Gasteiger partial charge in [0.1, 0.15) is 11.8 Å². The smallest absolute Gasteiger partial charge is 0.420 e. The fraction of sp³-hybridized carbons (Fsp3) is 0.556. The summed E-state index contributed by atoms with van der Waals surface area (Å²) in [4.78, 5) is 0.994. The third-order valence-corrected chi connectivity index (χ3v) is 2.40. The van der Waals surface area contributed by atoms with Crippen LogP contribution in [0.1, 0.15) is 0 Å². The van der Waals surface area contributed by atoms with Crippen molar-refractivity contribution in [1.82, 2.24) is 4.90 Å². The normalized spacial score (nSPS) is 23.9. The van der Waals surface area contributed by atoms with Crippen molar-refractivity contribution in [3.63, 3.8) is 0 Å². The predicted octanol–water partition coefficient (Wildman–Crippen LogP) is 0.542. The lowest BCUT2D eigenvalue weighted by atomic mass is 10.1. The molecule has 3 N–H and O–H groups in total. The number of aliphatic hydroxyl groups excluding tert-OH is 3. The molecule has 0 saturated carbocycles.